The molecule has 0 spiro atoms. The van der Waals surface area contributed by atoms with Gasteiger partial charge in [0, 0.05) is 25.4 Å². The summed E-state index contributed by atoms with van der Waals surface area (Å²) in [5.74, 6) is 0.703. The molecule has 2 aromatic heterocycles. The van der Waals surface area contributed by atoms with E-state index in [0.717, 1.165) is 29.7 Å². The van der Waals surface area contributed by atoms with E-state index in [9.17, 15) is 4.79 Å². The minimum absolute atomic E-state index is 0.0559. The largest absolute Gasteiger partial charge is 0.355 e. The third kappa shape index (κ3) is 4.92. The first-order valence-electron chi connectivity index (χ1n) is 8.87. The van der Waals surface area contributed by atoms with Gasteiger partial charge in [-0.3, -0.25) is 4.79 Å². The number of carbonyl (C=O) groups is 1. The molecule has 0 aliphatic heterocycles. The number of rotatable bonds is 7. The van der Waals surface area contributed by atoms with Gasteiger partial charge in [-0.05, 0) is 35.6 Å². The summed E-state index contributed by atoms with van der Waals surface area (Å²) in [6.07, 6.45) is 6.22. The summed E-state index contributed by atoms with van der Waals surface area (Å²) in [7, 11) is 0. The lowest BCUT2D eigenvalue weighted by Gasteiger charge is -2.07. The number of fused-ring (bicyclic) bond motifs is 1. The Morgan fingerprint density at radius 1 is 1.12 bits per heavy atom. The van der Waals surface area contributed by atoms with Crippen LogP contribution in [0.2, 0.25) is 0 Å². The molecule has 3 aromatic rings. The van der Waals surface area contributed by atoms with Crippen molar-refractivity contribution in [2.24, 2.45) is 5.92 Å². The van der Waals surface area contributed by atoms with Crippen LogP contribution in [0.1, 0.15) is 30.7 Å². The first-order valence-corrected chi connectivity index (χ1v) is 8.87. The number of hydrogen-bond acceptors (Lipinski definition) is 2. The van der Waals surface area contributed by atoms with Gasteiger partial charge in [-0.25, -0.2) is 4.98 Å². The highest BCUT2D eigenvalue weighted by molar-refractivity contribution is 5.78. The lowest BCUT2D eigenvalue weighted by atomic mass is 10.0. The van der Waals surface area contributed by atoms with Gasteiger partial charge in [-0.2, -0.15) is 0 Å². The fraction of sp³-hybridized carbons (Fsp3) is 0.333. The highest BCUT2D eigenvalue weighted by Crippen LogP contribution is 2.10. The van der Waals surface area contributed by atoms with E-state index in [1.807, 2.05) is 35.0 Å². The monoisotopic (exact) mass is 335 g/mol. The van der Waals surface area contributed by atoms with Crippen LogP contribution in [0.4, 0.5) is 0 Å². The van der Waals surface area contributed by atoms with Crippen molar-refractivity contribution in [3.63, 3.8) is 0 Å². The van der Waals surface area contributed by atoms with Crippen molar-refractivity contribution in [3.8, 4) is 0 Å². The molecule has 0 aliphatic rings. The Hall–Kier alpha value is -2.62. The second kappa shape index (κ2) is 7.97. The Kier molecular flexibility index (Phi) is 5.49. The zero-order valence-corrected chi connectivity index (χ0v) is 14.9. The smallest absolute Gasteiger partial charge is 0.224 e. The highest BCUT2D eigenvalue weighted by Gasteiger charge is 2.05. The normalized spacial score (nSPS) is 11.2. The van der Waals surface area contributed by atoms with Crippen LogP contribution in [0.25, 0.3) is 5.65 Å². The van der Waals surface area contributed by atoms with Crippen molar-refractivity contribution in [2.45, 2.75) is 33.1 Å². The Morgan fingerprint density at radius 2 is 1.88 bits per heavy atom. The molecule has 2 heterocycles. The number of pyridine rings is 1. The Balaban J connectivity index is 1.46. The molecule has 3 rings (SSSR count). The summed E-state index contributed by atoms with van der Waals surface area (Å²) in [6, 6.07) is 14.3. The standard InChI is InChI=1S/C21H25N3O/c1-16(2)13-17-6-8-18(9-7-17)14-21(25)22-11-10-19-15-24-12-4-3-5-20(24)23-19/h3-9,12,15-16H,10-11,13-14H2,1-2H3,(H,22,25). The second-order valence-corrected chi connectivity index (χ2v) is 6.89. The number of amides is 1. The molecule has 0 bridgehead atoms. The number of carbonyl (C=O) groups excluding carboxylic acids is 1. The quantitative estimate of drug-likeness (QED) is 0.719. The van der Waals surface area contributed by atoms with Crippen LogP contribution < -0.4 is 5.32 Å². The number of nitrogens with one attached hydrogen (secondary N) is 1. The van der Waals surface area contributed by atoms with Crippen molar-refractivity contribution in [1.82, 2.24) is 14.7 Å². The maximum atomic E-state index is 12.1. The van der Waals surface area contributed by atoms with Crippen LogP contribution in [0.5, 0.6) is 0 Å². The van der Waals surface area contributed by atoms with E-state index in [1.54, 1.807) is 0 Å². The number of nitrogens with zero attached hydrogens (tertiary/aromatic N) is 2. The predicted molar refractivity (Wildman–Crippen MR) is 101 cm³/mol. The average molecular weight is 335 g/mol. The molecule has 1 aromatic carbocycles. The molecule has 4 heteroatoms. The van der Waals surface area contributed by atoms with Gasteiger partial charge in [0.15, 0.2) is 0 Å². The molecular weight excluding hydrogens is 310 g/mol. The van der Waals surface area contributed by atoms with Crippen LogP contribution >= 0.6 is 0 Å². The van der Waals surface area contributed by atoms with Gasteiger partial charge < -0.3 is 9.72 Å². The van der Waals surface area contributed by atoms with Crippen molar-refractivity contribution in [1.29, 1.82) is 0 Å². The Bertz CT molecular complexity index is 801. The zero-order valence-electron chi connectivity index (χ0n) is 14.9. The molecule has 0 saturated carbocycles. The molecule has 25 heavy (non-hydrogen) atoms. The molecule has 0 saturated heterocycles. The number of aromatic nitrogens is 2. The Morgan fingerprint density at radius 3 is 2.60 bits per heavy atom. The molecule has 0 aliphatic carbocycles. The van der Waals surface area contributed by atoms with E-state index < -0.39 is 0 Å². The van der Waals surface area contributed by atoms with E-state index in [2.05, 4.69) is 48.4 Å². The highest BCUT2D eigenvalue weighted by atomic mass is 16.1. The van der Waals surface area contributed by atoms with E-state index in [0.29, 0.717) is 18.9 Å². The fourth-order valence-corrected chi connectivity index (χ4v) is 2.95. The summed E-state index contributed by atoms with van der Waals surface area (Å²) < 4.78 is 2.00. The Labute approximate surface area is 148 Å². The number of imidazole rings is 1. The second-order valence-electron chi connectivity index (χ2n) is 6.89. The zero-order chi connectivity index (χ0) is 17.6. The lowest BCUT2D eigenvalue weighted by molar-refractivity contribution is -0.120. The van der Waals surface area contributed by atoms with Crippen LogP contribution in [0, 0.1) is 5.92 Å². The third-order valence-electron chi connectivity index (χ3n) is 4.15. The number of benzene rings is 1. The maximum absolute atomic E-state index is 12.1. The third-order valence-corrected chi connectivity index (χ3v) is 4.15. The number of hydrogen-bond donors (Lipinski definition) is 1. The van der Waals surface area contributed by atoms with E-state index in [4.69, 9.17) is 0 Å². The van der Waals surface area contributed by atoms with Crippen molar-refractivity contribution in [3.05, 3.63) is 71.7 Å². The summed E-state index contributed by atoms with van der Waals surface area (Å²) in [6.45, 7) is 5.03. The molecule has 4 nitrogen and oxygen atoms in total. The molecular formula is C21H25N3O. The van der Waals surface area contributed by atoms with Crippen molar-refractivity contribution < 1.29 is 4.79 Å². The summed E-state index contributed by atoms with van der Waals surface area (Å²) >= 11 is 0. The molecule has 0 fully saturated rings. The first kappa shape index (κ1) is 17.2. The summed E-state index contributed by atoms with van der Waals surface area (Å²) in [5, 5.41) is 2.98. The summed E-state index contributed by atoms with van der Waals surface area (Å²) in [5.41, 5.74) is 4.30. The summed E-state index contributed by atoms with van der Waals surface area (Å²) in [4.78, 5) is 16.6. The molecule has 130 valence electrons. The van der Waals surface area contributed by atoms with Gasteiger partial charge in [0.05, 0.1) is 12.1 Å². The van der Waals surface area contributed by atoms with Gasteiger partial charge in [0.2, 0.25) is 5.91 Å². The topological polar surface area (TPSA) is 46.4 Å². The van der Waals surface area contributed by atoms with Gasteiger partial charge in [-0.1, -0.05) is 44.2 Å². The van der Waals surface area contributed by atoms with Crippen molar-refractivity contribution >= 4 is 11.6 Å². The lowest BCUT2D eigenvalue weighted by Crippen LogP contribution is -2.27. The minimum atomic E-state index is 0.0559. The SMILES string of the molecule is CC(C)Cc1ccc(CC(=O)NCCc2cn3ccccc3n2)cc1. The predicted octanol–water partition coefficient (Wildman–Crippen LogP) is 3.43. The van der Waals surface area contributed by atoms with Gasteiger partial charge in [0.25, 0.3) is 0 Å². The van der Waals surface area contributed by atoms with Crippen LogP contribution in [0.3, 0.4) is 0 Å². The van der Waals surface area contributed by atoms with E-state index >= 15 is 0 Å². The maximum Gasteiger partial charge on any atom is 0.224 e. The molecule has 0 radical (unpaired) electrons. The van der Waals surface area contributed by atoms with Crippen LogP contribution in [-0.2, 0) is 24.1 Å². The van der Waals surface area contributed by atoms with Gasteiger partial charge in [-0.15, -0.1) is 0 Å². The van der Waals surface area contributed by atoms with Crippen LogP contribution in [-0.4, -0.2) is 21.8 Å². The van der Waals surface area contributed by atoms with E-state index in [-0.39, 0.29) is 5.91 Å². The molecule has 1 N–H and O–H groups in total. The molecule has 0 unspecified atom stereocenters. The molecule has 0 atom stereocenters. The first-order chi connectivity index (χ1) is 12.1. The fourth-order valence-electron chi connectivity index (χ4n) is 2.95. The van der Waals surface area contributed by atoms with Gasteiger partial charge in [0.1, 0.15) is 5.65 Å². The van der Waals surface area contributed by atoms with Crippen molar-refractivity contribution in [2.75, 3.05) is 6.54 Å². The average Bonchev–Trinajstić information content (AvgIpc) is 2.99. The molecule has 1 amide bonds. The van der Waals surface area contributed by atoms with Gasteiger partial charge >= 0.3 is 0 Å². The van der Waals surface area contributed by atoms with E-state index in [1.165, 1.54) is 5.56 Å². The minimum Gasteiger partial charge on any atom is -0.355 e. The van der Waals surface area contributed by atoms with Crippen LogP contribution in [0.15, 0.2) is 54.9 Å².